The van der Waals surface area contributed by atoms with Crippen LogP contribution in [0.4, 0.5) is 11.4 Å². The van der Waals surface area contributed by atoms with E-state index in [-0.39, 0.29) is 17.1 Å². The summed E-state index contributed by atoms with van der Waals surface area (Å²) >= 11 is 0. The number of carboxylic acids is 1. The van der Waals surface area contributed by atoms with Crippen molar-refractivity contribution < 1.29 is 19.6 Å². The molecule has 0 radical (unpaired) electrons. The molecule has 20 heavy (non-hydrogen) atoms. The van der Waals surface area contributed by atoms with E-state index in [9.17, 15) is 14.9 Å². The molecule has 1 aliphatic carbocycles. The normalized spacial score (nSPS) is 15.4. The number of nitrogens with zero attached hydrogens (tertiary/aromatic N) is 1. The maximum atomic E-state index is 11.2. The van der Waals surface area contributed by atoms with Gasteiger partial charge in [0.1, 0.15) is 11.2 Å². The van der Waals surface area contributed by atoms with Gasteiger partial charge < -0.3 is 15.2 Å². The third-order valence-corrected chi connectivity index (χ3v) is 3.18. The first-order valence-electron chi connectivity index (χ1n) is 6.42. The molecule has 1 saturated carbocycles. The van der Waals surface area contributed by atoms with E-state index in [1.165, 1.54) is 12.1 Å². The van der Waals surface area contributed by atoms with E-state index in [0.29, 0.717) is 19.4 Å². The van der Waals surface area contributed by atoms with Crippen LogP contribution in [-0.2, 0) is 4.79 Å². The average molecular weight is 280 g/mol. The van der Waals surface area contributed by atoms with Crippen LogP contribution < -0.4 is 10.1 Å². The van der Waals surface area contributed by atoms with Crippen LogP contribution in [0.2, 0.25) is 0 Å². The Morgan fingerprint density at radius 2 is 2.25 bits per heavy atom. The lowest BCUT2D eigenvalue weighted by Gasteiger charge is -2.15. The molecule has 0 saturated heterocycles. The van der Waals surface area contributed by atoms with E-state index < -0.39 is 16.4 Å². The number of nitrogens with one attached hydrogen (secondary N) is 1. The minimum Gasteiger partial charge on any atom is -0.487 e. The van der Waals surface area contributed by atoms with Crippen LogP contribution in [0.5, 0.6) is 5.75 Å². The van der Waals surface area contributed by atoms with Crippen molar-refractivity contribution in [2.75, 3.05) is 11.9 Å². The zero-order valence-electron chi connectivity index (χ0n) is 11.1. The molecule has 0 heterocycles. The Kier molecular flexibility index (Phi) is 3.78. The summed E-state index contributed by atoms with van der Waals surface area (Å²) in [5.74, 6) is -0.838. The smallest absolute Gasteiger partial charge is 0.333 e. The first-order chi connectivity index (χ1) is 9.50. The van der Waals surface area contributed by atoms with Crippen LogP contribution in [0.15, 0.2) is 18.2 Å². The fourth-order valence-corrected chi connectivity index (χ4v) is 1.92. The zero-order valence-corrected chi connectivity index (χ0v) is 11.1. The number of benzene rings is 1. The number of hydrogen-bond donors (Lipinski definition) is 2. The molecule has 108 valence electrons. The molecule has 7 heteroatoms. The van der Waals surface area contributed by atoms with Crippen LogP contribution in [0.25, 0.3) is 0 Å². The topological polar surface area (TPSA) is 102 Å². The van der Waals surface area contributed by atoms with Gasteiger partial charge in [-0.15, -0.1) is 0 Å². The number of anilines is 1. The van der Waals surface area contributed by atoms with Crippen molar-refractivity contribution in [3.05, 3.63) is 28.3 Å². The second-order valence-electron chi connectivity index (χ2n) is 4.77. The zero-order chi connectivity index (χ0) is 14.8. The number of carboxylic acid groups (broad SMARTS) is 1. The first kappa shape index (κ1) is 14.1. The molecule has 1 aromatic carbocycles. The molecule has 0 aromatic heterocycles. The second-order valence-corrected chi connectivity index (χ2v) is 4.77. The monoisotopic (exact) mass is 280 g/mol. The van der Waals surface area contributed by atoms with Crippen LogP contribution >= 0.6 is 0 Å². The van der Waals surface area contributed by atoms with Gasteiger partial charge in [-0.25, -0.2) is 4.79 Å². The van der Waals surface area contributed by atoms with Crippen molar-refractivity contribution >= 4 is 17.3 Å². The van der Waals surface area contributed by atoms with Gasteiger partial charge in [-0.1, -0.05) is 13.0 Å². The van der Waals surface area contributed by atoms with Crippen LogP contribution in [-0.4, -0.2) is 28.1 Å². The van der Waals surface area contributed by atoms with E-state index in [2.05, 4.69) is 5.32 Å². The summed E-state index contributed by atoms with van der Waals surface area (Å²) in [5.41, 5.74) is -1.11. The van der Waals surface area contributed by atoms with Crippen molar-refractivity contribution in [2.24, 2.45) is 0 Å². The van der Waals surface area contributed by atoms with E-state index in [1.807, 2.05) is 6.92 Å². The quantitative estimate of drug-likeness (QED) is 0.587. The van der Waals surface area contributed by atoms with Crippen molar-refractivity contribution in [3.63, 3.8) is 0 Å². The summed E-state index contributed by atoms with van der Waals surface area (Å²) in [5, 5.41) is 23.1. The molecule has 1 fully saturated rings. The molecule has 1 aromatic rings. The maximum Gasteiger partial charge on any atom is 0.333 e. The largest absolute Gasteiger partial charge is 0.487 e. The van der Waals surface area contributed by atoms with Gasteiger partial charge >= 0.3 is 11.7 Å². The number of aliphatic carboxylic acids is 1. The standard InChI is InChI=1S/C13H16N2O5/c1-2-8-20-10-5-3-4-9(11(10)15(18)19)14-13(6-7-13)12(16)17/h3-5,14H,2,6-8H2,1H3,(H,16,17). The third-order valence-electron chi connectivity index (χ3n) is 3.18. The maximum absolute atomic E-state index is 11.2. The highest BCUT2D eigenvalue weighted by Crippen LogP contribution is 2.43. The Balaban J connectivity index is 2.32. The van der Waals surface area contributed by atoms with Crippen LogP contribution in [0.1, 0.15) is 26.2 Å². The Morgan fingerprint density at radius 3 is 2.75 bits per heavy atom. The molecule has 0 spiro atoms. The fraction of sp³-hybridized carbons (Fsp3) is 0.462. The molecule has 0 bridgehead atoms. The highest BCUT2D eigenvalue weighted by Gasteiger charge is 2.51. The molecule has 0 amide bonds. The van der Waals surface area contributed by atoms with Crippen LogP contribution in [0, 0.1) is 10.1 Å². The second kappa shape index (κ2) is 5.36. The summed E-state index contributed by atoms with van der Waals surface area (Å²) in [6.45, 7) is 2.27. The lowest BCUT2D eigenvalue weighted by Crippen LogP contribution is -2.31. The van der Waals surface area contributed by atoms with Gasteiger partial charge in [0.15, 0.2) is 5.75 Å². The van der Waals surface area contributed by atoms with Crippen molar-refractivity contribution in [2.45, 2.75) is 31.7 Å². The Morgan fingerprint density at radius 1 is 1.55 bits per heavy atom. The van der Waals surface area contributed by atoms with Gasteiger partial charge in [-0.05, 0) is 31.4 Å². The Labute approximate surface area is 115 Å². The van der Waals surface area contributed by atoms with E-state index >= 15 is 0 Å². The van der Waals surface area contributed by atoms with Gasteiger partial charge in [0.2, 0.25) is 0 Å². The minimum atomic E-state index is -1.08. The number of hydrogen-bond acceptors (Lipinski definition) is 5. The van der Waals surface area contributed by atoms with Crippen LogP contribution in [0.3, 0.4) is 0 Å². The number of ether oxygens (including phenoxy) is 1. The Bertz CT molecular complexity index is 540. The van der Waals surface area contributed by atoms with Gasteiger partial charge in [0, 0.05) is 0 Å². The number of nitro benzene ring substituents is 1. The SMILES string of the molecule is CCCOc1cccc(NC2(C(=O)O)CC2)c1[N+](=O)[O-]. The summed E-state index contributed by atoms with van der Waals surface area (Å²) in [7, 11) is 0. The lowest BCUT2D eigenvalue weighted by molar-refractivity contribution is -0.385. The summed E-state index contributed by atoms with van der Waals surface area (Å²) in [6, 6.07) is 4.62. The summed E-state index contributed by atoms with van der Waals surface area (Å²) in [4.78, 5) is 21.8. The lowest BCUT2D eigenvalue weighted by atomic mass is 10.2. The van der Waals surface area contributed by atoms with E-state index in [4.69, 9.17) is 9.84 Å². The highest BCUT2D eigenvalue weighted by molar-refractivity contribution is 5.88. The molecule has 2 N–H and O–H groups in total. The molecule has 0 atom stereocenters. The summed E-state index contributed by atoms with van der Waals surface area (Å²) in [6.07, 6.45) is 1.65. The van der Waals surface area contributed by atoms with Gasteiger partial charge in [-0.3, -0.25) is 10.1 Å². The number of rotatable bonds is 7. The highest BCUT2D eigenvalue weighted by atomic mass is 16.6. The first-order valence-corrected chi connectivity index (χ1v) is 6.42. The summed E-state index contributed by atoms with van der Waals surface area (Å²) < 4.78 is 5.35. The average Bonchev–Trinajstić information content (AvgIpc) is 3.17. The van der Waals surface area contributed by atoms with Crippen molar-refractivity contribution in [1.29, 1.82) is 0 Å². The minimum absolute atomic E-state index is 0.156. The van der Waals surface area contributed by atoms with E-state index in [0.717, 1.165) is 6.42 Å². The number of carbonyl (C=O) groups is 1. The van der Waals surface area contributed by atoms with Crippen molar-refractivity contribution in [3.8, 4) is 5.75 Å². The number of para-hydroxylation sites is 1. The predicted octanol–water partition coefficient (Wildman–Crippen LogP) is 2.41. The Hall–Kier alpha value is -2.31. The van der Waals surface area contributed by atoms with Gasteiger partial charge in [0.25, 0.3) is 0 Å². The molecule has 2 rings (SSSR count). The molecule has 0 unspecified atom stereocenters. The fourth-order valence-electron chi connectivity index (χ4n) is 1.92. The predicted molar refractivity (Wildman–Crippen MR) is 72.1 cm³/mol. The molecule has 0 aliphatic heterocycles. The van der Waals surface area contributed by atoms with Gasteiger partial charge in [0.05, 0.1) is 11.5 Å². The third kappa shape index (κ3) is 2.66. The molecular weight excluding hydrogens is 264 g/mol. The van der Waals surface area contributed by atoms with Gasteiger partial charge in [-0.2, -0.15) is 0 Å². The molecular formula is C13H16N2O5. The number of nitro groups is 1. The van der Waals surface area contributed by atoms with E-state index in [1.54, 1.807) is 6.07 Å². The molecule has 7 nitrogen and oxygen atoms in total. The molecule has 1 aliphatic rings. The van der Waals surface area contributed by atoms with Crippen molar-refractivity contribution in [1.82, 2.24) is 0 Å².